The maximum Gasteiger partial charge on any atom is 0.287 e. The van der Waals surface area contributed by atoms with Crippen molar-refractivity contribution in [3.8, 4) is 11.3 Å². The van der Waals surface area contributed by atoms with Crippen molar-refractivity contribution in [1.29, 1.82) is 0 Å². The quantitative estimate of drug-likeness (QED) is 0.691. The molecular formula is C21H27FN4O5S. The number of aryl methyl sites for hydroxylation is 2. The van der Waals surface area contributed by atoms with Gasteiger partial charge in [-0.15, -0.1) is 0 Å². The van der Waals surface area contributed by atoms with Crippen LogP contribution in [0.25, 0.3) is 11.3 Å². The second-order valence-corrected chi connectivity index (χ2v) is 11.1. The molecule has 11 heteroatoms. The molecule has 4 heterocycles. The average Bonchev–Trinajstić information content (AvgIpc) is 3.41. The van der Waals surface area contributed by atoms with Crippen LogP contribution >= 0.6 is 0 Å². The van der Waals surface area contributed by atoms with Crippen LogP contribution in [-0.4, -0.2) is 72.7 Å². The SMILES string of the molecule is Cc1c(C(=O)NC[C@@H]2CCCO2)oc2c1-c1nn(CC3(F)CN(S(C)(=O)=O)C3)cc1CC2. The maximum atomic E-state index is 15.0. The molecule has 1 N–H and O–H groups in total. The van der Waals surface area contributed by atoms with Gasteiger partial charge >= 0.3 is 0 Å². The molecule has 0 radical (unpaired) electrons. The summed E-state index contributed by atoms with van der Waals surface area (Å²) in [5, 5.41) is 7.48. The first-order valence-electron chi connectivity index (χ1n) is 10.9. The Kier molecular flexibility index (Phi) is 5.18. The second kappa shape index (κ2) is 7.67. The number of alkyl halides is 1. The van der Waals surface area contributed by atoms with E-state index < -0.39 is 15.7 Å². The van der Waals surface area contributed by atoms with E-state index in [1.807, 2.05) is 13.1 Å². The predicted octanol–water partition coefficient (Wildman–Crippen LogP) is 1.44. The minimum absolute atomic E-state index is 0.0208. The minimum atomic E-state index is -3.39. The minimum Gasteiger partial charge on any atom is -0.455 e. The number of aromatic nitrogens is 2. The highest BCUT2D eigenvalue weighted by Gasteiger charge is 2.48. The van der Waals surface area contributed by atoms with E-state index >= 15 is 0 Å². The van der Waals surface area contributed by atoms with Gasteiger partial charge in [-0.05, 0) is 31.7 Å². The van der Waals surface area contributed by atoms with Gasteiger partial charge in [0.05, 0.1) is 37.7 Å². The summed E-state index contributed by atoms with van der Waals surface area (Å²) >= 11 is 0. The molecular weight excluding hydrogens is 439 g/mol. The monoisotopic (exact) mass is 466 g/mol. The number of hydrogen-bond donors (Lipinski definition) is 1. The highest BCUT2D eigenvalue weighted by atomic mass is 32.2. The fourth-order valence-corrected chi connectivity index (χ4v) is 5.70. The predicted molar refractivity (Wildman–Crippen MR) is 114 cm³/mol. The van der Waals surface area contributed by atoms with E-state index in [1.54, 1.807) is 4.68 Å². The molecule has 1 aliphatic carbocycles. The van der Waals surface area contributed by atoms with E-state index in [2.05, 4.69) is 10.4 Å². The Bertz CT molecular complexity index is 1160. The lowest BCUT2D eigenvalue weighted by Crippen LogP contribution is -2.62. The van der Waals surface area contributed by atoms with Crippen LogP contribution in [0.1, 0.15) is 40.3 Å². The van der Waals surface area contributed by atoms with Crippen LogP contribution in [0.4, 0.5) is 4.39 Å². The molecule has 0 aromatic carbocycles. The zero-order valence-electron chi connectivity index (χ0n) is 18.2. The van der Waals surface area contributed by atoms with Crippen LogP contribution in [0.5, 0.6) is 0 Å². The Labute approximate surface area is 185 Å². The molecule has 0 spiro atoms. The molecule has 0 unspecified atom stereocenters. The molecule has 1 atom stereocenters. The lowest BCUT2D eigenvalue weighted by molar-refractivity contribution is 0.00386. The lowest BCUT2D eigenvalue weighted by atomic mass is 9.93. The van der Waals surface area contributed by atoms with Gasteiger partial charge in [-0.25, -0.2) is 12.8 Å². The molecule has 5 rings (SSSR count). The lowest BCUT2D eigenvalue weighted by Gasteiger charge is -2.42. The van der Waals surface area contributed by atoms with Gasteiger partial charge in [-0.2, -0.15) is 9.40 Å². The van der Waals surface area contributed by atoms with Crippen molar-refractivity contribution in [3.05, 3.63) is 28.8 Å². The Hall–Kier alpha value is -2.24. The first-order chi connectivity index (χ1) is 15.1. The molecule has 2 fully saturated rings. The Balaban J connectivity index is 1.33. The molecule has 3 aliphatic rings. The van der Waals surface area contributed by atoms with Crippen molar-refractivity contribution < 1.29 is 26.8 Å². The van der Waals surface area contributed by atoms with Crippen LogP contribution in [-0.2, 0) is 34.1 Å². The standard InChI is InChI=1S/C21H27FN4O5S/c1-13-17-16(31-19(13)20(27)23-8-15-4-3-7-30-15)6-5-14-9-25(24-18(14)17)10-21(22)11-26(12-21)32(2,28)29/h9,15H,3-8,10-12H2,1-2H3,(H,23,27)/t15-/m0/s1. The molecule has 2 aromatic rings. The zero-order chi connectivity index (χ0) is 22.7. The molecule has 0 saturated carbocycles. The number of rotatable bonds is 6. The summed E-state index contributed by atoms with van der Waals surface area (Å²) < 4.78 is 52.2. The van der Waals surface area contributed by atoms with Gasteiger partial charge in [-0.3, -0.25) is 9.48 Å². The first kappa shape index (κ1) is 21.6. The summed E-state index contributed by atoms with van der Waals surface area (Å²) in [5.74, 6) is 0.718. The number of furan rings is 1. The van der Waals surface area contributed by atoms with Crippen molar-refractivity contribution in [2.75, 3.05) is 32.5 Å². The smallest absolute Gasteiger partial charge is 0.287 e. The van der Waals surface area contributed by atoms with Crippen molar-refractivity contribution in [1.82, 2.24) is 19.4 Å². The van der Waals surface area contributed by atoms with E-state index in [0.29, 0.717) is 30.8 Å². The normalized spacial score (nSPS) is 22.3. The number of hydrogen-bond acceptors (Lipinski definition) is 6. The molecule has 0 bridgehead atoms. The van der Waals surface area contributed by atoms with Gasteiger partial charge in [-0.1, -0.05) is 0 Å². The molecule has 174 valence electrons. The fourth-order valence-electron chi connectivity index (χ4n) is 4.76. The van der Waals surface area contributed by atoms with Gasteiger partial charge < -0.3 is 14.5 Å². The molecule has 1 amide bonds. The summed E-state index contributed by atoms with van der Waals surface area (Å²) in [4.78, 5) is 12.7. The molecule has 2 saturated heterocycles. The zero-order valence-corrected chi connectivity index (χ0v) is 19.0. The van der Waals surface area contributed by atoms with Gasteiger partial charge in [0, 0.05) is 36.9 Å². The third kappa shape index (κ3) is 3.86. The van der Waals surface area contributed by atoms with Crippen molar-refractivity contribution in [2.45, 2.75) is 50.9 Å². The number of carbonyl (C=O) groups excluding carboxylic acids is 1. The summed E-state index contributed by atoms with van der Waals surface area (Å²) in [5.41, 5.74) is 1.55. The highest BCUT2D eigenvalue weighted by molar-refractivity contribution is 7.88. The topological polar surface area (TPSA) is 107 Å². The number of ether oxygens (including phenoxy) is 1. The van der Waals surface area contributed by atoms with Gasteiger partial charge in [0.2, 0.25) is 10.0 Å². The van der Waals surface area contributed by atoms with E-state index in [4.69, 9.17) is 9.15 Å². The summed E-state index contributed by atoms with van der Waals surface area (Å²) in [6, 6.07) is 0. The average molecular weight is 467 g/mol. The largest absolute Gasteiger partial charge is 0.455 e. The molecule has 32 heavy (non-hydrogen) atoms. The van der Waals surface area contributed by atoms with E-state index in [1.165, 1.54) is 0 Å². The first-order valence-corrected chi connectivity index (χ1v) is 12.7. The number of carbonyl (C=O) groups is 1. The number of nitrogens with one attached hydrogen (secondary N) is 1. The summed E-state index contributed by atoms with van der Waals surface area (Å²) in [6.07, 6.45) is 6.20. The summed E-state index contributed by atoms with van der Waals surface area (Å²) in [7, 11) is -3.39. The second-order valence-electron chi connectivity index (χ2n) is 9.08. The number of halogens is 1. The van der Waals surface area contributed by atoms with Crippen LogP contribution in [0, 0.1) is 6.92 Å². The van der Waals surface area contributed by atoms with Gasteiger partial charge in [0.25, 0.3) is 5.91 Å². The van der Waals surface area contributed by atoms with Gasteiger partial charge in [0.15, 0.2) is 11.4 Å². The van der Waals surface area contributed by atoms with Crippen molar-refractivity contribution in [3.63, 3.8) is 0 Å². The van der Waals surface area contributed by atoms with E-state index in [-0.39, 0.29) is 37.4 Å². The number of fused-ring (bicyclic) bond motifs is 3. The van der Waals surface area contributed by atoms with Crippen molar-refractivity contribution >= 4 is 15.9 Å². The van der Waals surface area contributed by atoms with Gasteiger partial charge in [0.1, 0.15) is 5.76 Å². The van der Waals surface area contributed by atoms with Crippen LogP contribution in [0.15, 0.2) is 10.6 Å². The number of amides is 1. The molecule has 2 aliphatic heterocycles. The fraction of sp³-hybridized carbons (Fsp3) is 0.619. The Morgan fingerprint density at radius 3 is 2.84 bits per heavy atom. The molecule has 2 aromatic heterocycles. The third-order valence-electron chi connectivity index (χ3n) is 6.47. The van der Waals surface area contributed by atoms with E-state index in [9.17, 15) is 17.6 Å². The van der Waals surface area contributed by atoms with Crippen LogP contribution < -0.4 is 5.32 Å². The Morgan fingerprint density at radius 2 is 2.16 bits per heavy atom. The maximum absolute atomic E-state index is 15.0. The molecule has 9 nitrogen and oxygen atoms in total. The number of sulfonamides is 1. The highest BCUT2D eigenvalue weighted by Crippen LogP contribution is 2.39. The summed E-state index contributed by atoms with van der Waals surface area (Å²) in [6.45, 7) is 2.67. The van der Waals surface area contributed by atoms with Crippen molar-refractivity contribution in [2.24, 2.45) is 0 Å². The third-order valence-corrected chi connectivity index (χ3v) is 7.67. The van der Waals surface area contributed by atoms with Crippen LogP contribution in [0.3, 0.4) is 0 Å². The van der Waals surface area contributed by atoms with E-state index in [0.717, 1.165) is 46.7 Å². The Morgan fingerprint density at radius 1 is 1.38 bits per heavy atom. The van der Waals surface area contributed by atoms with Crippen LogP contribution in [0.2, 0.25) is 0 Å². The number of nitrogens with zero attached hydrogens (tertiary/aromatic N) is 3.